The Balaban J connectivity index is -0.000000449. The van der Waals surface area contributed by atoms with E-state index in [4.69, 9.17) is 97.3 Å². The van der Waals surface area contributed by atoms with E-state index >= 15 is 0 Å². The van der Waals surface area contributed by atoms with Gasteiger partial charge in [-0.2, -0.15) is 18.4 Å². The number of rotatable bonds is 30. The summed E-state index contributed by atoms with van der Waals surface area (Å²) in [4.78, 5) is 64.8. The molecule has 7 heterocycles. The molecular formula is C87H126Br2Cl6Li2N14O15S4. The monoisotopic (exact) mass is 2120 g/mol. The van der Waals surface area contributed by atoms with Crippen LogP contribution in [0.5, 0.6) is 0 Å². The van der Waals surface area contributed by atoms with Gasteiger partial charge in [-0.3, -0.25) is 28.8 Å². The number of aliphatic hydroxyl groups is 1. The number of thiophene rings is 3. The topological polar surface area (TPSA) is 375 Å². The predicted octanol–water partition coefficient (Wildman–Crippen LogP) is 23.5. The van der Waals surface area contributed by atoms with Crippen molar-refractivity contribution in [1.82, 2.24) is 10.5 Å². The van der Waals surface area contributed by atoms with E-state index in [-0.39, 0.29) is 85.1 Å². The van der Waals surface area contributed by atoms with Crippen LogP contribution in [0, 0.1) is 19.4 Å². The first-order valence-electron chi connectivity index (χ1n) is 41.1. The van der Waals surface area contributed by atoms with Crippen molar-refractivity contribution in [3.63, 3.8) is 0 Å². The molecule has 43 heteroatoms. The maximum Gasteiger partial charge on any atom is 1.00 e. The van der Waals surface area contributed by atoms with Crippen LogP contribution in [0.2, 0.25) is 20.1 Å². The second-order valence-corrected chi connectivity index (χ2v) is 34.1. The first kappa shape index (κ1) is 134. The van der Waals surface area contributed by atoms with Crippen LogP contribution in [0.3, 0.4) is 0 Å². The molecule has 3 aromatic heterocycles. The summed E-state index contributed by atoms with van der Waals surface area (Å²) in [5.74, 6) is 0.478. The van der Waals surface area contributed by atoms with Crippen LogP contribution in [-0.4, -0.2) is 126 Å². The molecule has 130 heavy (non-hydrogen) atoms. The van der Waals surface area contributed by atoms with Gasteiger partial charge >= 0.3 is 49.7 Å². The first-order chi connectivity index (χ1) is 61.2. The van der Waals surface area contributed by atoms with Gasteiger partial charge in [-0.1, -0.05) is 196 Å². The Morgan fingerprint density at radius 2 is 1.09 bits per heavy atom. The third-order valence-electron chi connectivity index (χ3n) is 16.4. The van der Waals surface area contributed by atoms with E-state index in [1.807, 2.05) is 120 Å². The van der Waals surface area contributed by atoms with Gasteiger partial charge in [0.25, 0.3) is 0 Å². The number of hydrogen-bond acceptors (Lipinski definition) is 21. The van der Waals surface area contributed by atoms with Crippen molar-refractivity contribution in [1.29, 1.82) is 5.53 Å². The van der Waals surface area contributed by atoms with Crippen LogP contribution in [0.25, 0.3) is 0 Å². The molecular weight excluding hydrogens is 2000 g/mol. The Bertz CT molecular complexity index is 4140. The SMILES string of the molecule is Brc1csc(C2OCCO2)c1.C1CCOC1.CCCCC(=O)N(C)OC.CCCCC(=O)O.CCCCC(=O)c1cccc(Cl)c1.CCCCC(O)(c1cccc(Cl)c1)c1csc(C2OCCO2)c1.CCOC(C)=O.CNOC.Cl.Clc1cccc(Br)c1.N=N/N=N/N=N/N=N/N=N/N=NCl.O=Cc1cc(C2(c3cccc(Cl)c3)CCCS2)cs1.[CH2-]CCC.[CH2-]CCC.[Li+].[Li+]. The van der Waals surface area contributed by atoms with Crippen molar-refractivity contribution in [2.75, 3.05) is 80.3 Å². The molecule has 716 valence electrons. The number of halogens is 8. The number of aliphatic carboxylic acids is 1. The Morgan fingerprint density at radius 1 is 0.608 bits per heavy atom. The number of hydroxylamine groups is 3. The van der Waals surface area contributed by atoms with E-state index in [2.05, 4.69) is 170 Å². The number of nitrogens with one attached hydrogen (secondary N) is 2. The summed E-state index contributed by atoms with van der Waals surface area (Å²) in [5, 5.41) is 58.2. The molecule has 0 spiro atoms. The Labute approximate surface area is 856 Å². The number of esters is 1. The molecule has 4 N–H and O–H groups in total. The molecule has 2 atom stereocenters. The number of ketones is 1. The minimum absolute atomic E-state index is 0. The number of ether oxygens (including phenoxy) is 6. The van der Waals surface area contributed by atoms with Crippen molar-refractivity contribution in [3.8, 4) is 0 Å². The molecule has 4 aromatic carbocycles. The number of amides is 1. The minimum atomic E-state index is -1.03. The van der Waals surface area contributed by atoms with Gasteiger partial charge in [-0.05, 0) is 238 Å². The van der Waals surface area contributed by atoms with Gasteiger partial charge in [0.15, 0.2) is 24.6 Å². The fraction of sp³-hybridized carbons (Fsp3) is 0.506. The molecule has 29 nitrogen and oxygen atoms in total. The van der Waals surface area contributed by atoms with E-state index in [1.165, 1.54) is 73.7 Å². The van der Waals surface area contributed by atoms with E-state index in [1.54, 1.807) is 62.9 Å². The summed E-state index contributed by atoms with van der Waals surface area (Å²) in [5.41, 5.74) is 12.5. The van der Waals surface area contributed by atoms with Crippen LogP contribution in [-0.2, 0) is 62.8 Å². The van der Waals surface area contributed by atoms with Gasteiger partial charge in [-0.15, -0.1) is 58.2 Å². The Morgan fingerprint density at radius 3 is 1.48 bits per heavy atom. The summed E-state index contributed by atoms with van der Waals surface area (Å²) in [6, 6.07) is 36.3. The molecule has 7 aromatic rings. The fourth-order valence-electron chi connectivity index (χ4n) is 9.84. The number of nitrogens with zero attached hydrogens (tertiary/aromatic N) is 12. The molecule has 4 aliphatic heterocycles. The van der Waals surface area contributed by atoms with Gasteiger partial charge in [0.1, 0.15) is 5.60 Å². The Hall–Kier alpha value is -4.79. The normalized spacial score (nSPS) is 14.2. The summed E-state index contributed by atoms with van der Waals surface area (Å²) in [7, 11) is 6.39. The second kappa shape index (κ2) is 89.4. The number of unbranched alkanes of at least 4 members (excludes halogenated alkanes) is 6. The number of carbonyl (C=O) groups is 5. The standard InChI is InChI=1S/C18H21ClO3S.C15H13ClOS2.C11H13ClO.C7H7BrO2S.C7H15NO2.C6H4BrCl.C5H10O2.C4H8O2.C4H8O.2C4H9.C2H7NO.ClHN12.ClH.2Li/c1-2-3-7-18(20,13-5-4-6-15(19)10-13)14-11-16(23-12-14)17-21-8-9-22-17;16-13-4-1-3-11(7-13)15(5-2-6-19-15)12-8-14(9-17)18-10-12;1-2-3-7-11(13)9-5-4-6-10(12)8-9;8-5-3-6(11-4-5)7-9-1-2-10-7;1-4-5-6-7(9)8(2)10-3;7-5-2-1-3-6(8)4-5;1-2-3-4-5(6)7;1-3-6-4(2)5;1-2-4-5-3-1;3*1-3-4-2;1-3-5-7-9-11-13-12-10-8-6-4-2;;;/h4-6,10-12,17,20H,2-3,7-9H2,1H3;1,3-4,7-10H,2,5-6H2;4-6,8H,2-3,7H2,1H3;3-4,7H,1-2H2;4-6H2,1-3H3;1-4H;2-4H2,1H3,(H,6,7);3H2,1-2H3;1-4H2;2*1,3-4H2,2H3;3H,1-2H3;2H;1H;;/q;;;;;;;;;2*-1;;;;2*+1/b;;;;;;;;;;;;4-2?,5-3?,8-6+,9-7+,12-10+,13-11+;;;. The third-order valence-corrected chi connectivity index (χ3v) is 23.1. The molecule has 0 saturated carbocycles. The van der Waals surface area contributed by atoms with E-state index in [9.17, 15) is 29.1 Å². The quantitative estimate of drug-likeness (QED) is 0.00618. The molecule has 0 aliphatic carbocycles. The van der Waals surface area contributed by atoms with E-state index in [0.29, 0.717) is 68.8 Å². The van der Waals surface area contributed by atoms with Crippen molar-refractivity contribution in [2.24, 2.45) is 56.9 Å². The van der Waals surface area contributed by atoms with Crippen molar-refractivity contribution in [3.05, 3.63) is 217 Å². The van der Waals surface area contributed by atoms with Gasteiger partial charge in [-0.25, -0.2) is 10.5 Å². The first-order valence-corrected chi connectivity index (χ1v) is 48.2. The smallest absolute Gasteiger partial charge is 0.481 e. The second-order valence-electron chi connectivity index (χ2n) is 26.2. The predicted molar refractivity (Wildman–Crippen MR) is 526 cm³/mol. The van der Waals surface area contributed by atoms with Gasteiger partial charge in [0.05, 0.1) is 78.4 Å². The third kappa shape index (κ3) is 65.8. The van der Waals surface area contributed by atoms with Crippen LogP contribution in [0.4, 0.5) is 0 Å². The zero-order valence-corrected chi connectivity index (χ0v) is 87.9. The average molecular weight is 2120 g/mol. The molecule has 0 radical (unpaired) electrons. The summed E-state index contributed by atoms with van der Waals surface area (Å²) in [6.45, 7) is 28.0. The molecule has 4 fully saturated rings. The molecule has 0 bridgehead atoms. The summed E-state index contributed by atoms with van der Waals surface area (Å²) < 4.78 is 35.9. The number of carboxylic acids is 1. The Kier molecular flexibility index (Phi) is 92.0. The number of benzene rings is 4. The van der Waals surface area contributed by atoms with Gasteiger partial charge in [0.2, 0.25) is 5.91 Å². The van der Waals surface area contributed by atoms with Crippen LogP contribution in [0.15, 0.2) is 197 Å². The van der Waals surface area contributed by atoms with Crippen molar-refractivity contribution in [2.45, 2.75) is 207 Å². The number of aldehydes is 1. The van der Waals surface area contributed by atoms with Crippen LogP contribution < -0.4 is 43.2 Å². The van der Waals surface area contributed by atoms with Gasteiger partial charge < -0.3 is 57.3 Å². The summed E-state index contributed by atoms with van der Waals surface area (Å²) >= 11 is 41.7. The maximum atomic E-state index is 11.5. The number of carboxylic acid groups (broad SMARTS) is 1. The van der Waals surface area contributed by atoms with E-state index in [0.717, 1.165) is 146 Å². The van der Waals surface area contributed by atoms with Crippen LogP contribution >= 0.6 is 148 Å². The maximum absolute atomic E-state index is 11.5. The zero-order valence-electron chi connectivity index (χ0n) is 76.9. The average Bonchev–Trinajstić information content (AvgIpc) is 1.62. The van der Waals surface area contributed by atoms with Crippen LogP contribution in [0.1, 0.15) is 248 Å². The fourth-order valence-corrected chi connectivity index (χ4v) is 15.9. The van der Waals surface area contributed by atoms with Gasteiger partial charge in [0, 0.05) is 93.5 Å². The minimum Gasteiger partial charge on any atom is -0.481 e. The number of hydrogen-bond donors (Lipinski definition) is 4. The number of thioether (sulfide) groups is 1. The largest absolute Gasteiger partial charge is 1.00 e. The molecule has 2 unspecified atom stereocenters. The summed E-state index contributed by atoms with van der Waals surface area (Å²) in [6.07, 6.45) is 19.8. The molecule has 1 amide bonds. The number of carbonyl (C=O) groups excluding carboxylic acids is 4. The van der Waals surface area contributed by atoms with E-state index < -0.39 is 11.6 Å². The molecule has 4 saturated heterocycles. The van der Waals surface area contributed by atoms with Crippen molar-refractivity contribution < 1.29 is 110 Å². The zero-order chi connectivity index (χ0) is 95.2. The molecule has 11 rings (SSSR count). The number of Topliss-reactive ketones (excluding diaryl/α,β-unsaturated/α-hetero) is 1. The van der Waals surface area contributed by atoms with Crippen molar-refractivity contribution >= 4 is 178 Å². The molecule has 4 aliphatic rings.